The van der Waals surface area contributed by atoms with Gasteiger partial charge in [0.25, 0.3) is 10.1 Å². The molecule has 0 bridgehead atoms. The molecule has 6 heteroatoms. The molecule has 0 aliphatic carbocycles. The average Bonchev–Trinajstić information content (AvgIpc) is 2.76. The SMILES string of the molecule is COc1c2ccccc2c(OC)c2cc(S(=O)(=O)OCc3ccccc3)ccc12. The topological polar surface area (TPSA) is 61.8 Å². The molecule has 4 aromatic carbocycles. The number of methoxy groups -OCH3 is 2. The summed E-state index contributed by atoms with van der Waals surface area (Å²) < 4.78 is 42.1. The first-order chi connectivity index (χ1) is 14.0. The van der Waals surface area contributed by atoms with Crippen LogP contribution in [0.2, 0.25) is 0 Å². The zero-order valence-corrected chi connectivity index (χ0v) is 16.9. The summed E-state index contributed by atoms with van der Waals surface area (Å²) in [4.78, 5) is 0.0663. The van der Waals surface area contributed by atoms with E-state index in [2.05, 4.69) is 0 Å². The maximum Gasteiger partial charge on any atom is 0.297 e. The summed E-state index contributed by atoms with van der Waals surface area (Å²) in [6, 6.07) is 21.7. The van der Waals surface area contributed by atoms with E-state index in [-0.39, 0.29) is 11.5 Å². The van der Waals surface area contributed by atoms with Gasteiger partial charge in [0.2, 0.25) is 0 Å². The molecule has 5 nitrogen and oxygen atoms in total. The van der Waals surface area contributed by atoms with Gasteiger partial charge in [-0.2, -0.15) is 8.42 Å². The van der Waals surface area contributed by atoms with Crippen LogP contribution in [0.4, 0.5) is 0 Å². The van der Waals surface area contributed by atoms with Crippen LogP contribution in [0.3, 0.4) is 0 Å². The molecule has 0 radical (unpaired) electrons. The lowest BCUT2D eigenvalue weighted by atomic mass is 10.0. The molecule has 0 aromatic heterocycles. The molecule has 0 amide bonds. The van der Waals surface area contributed by atoms with Crippen LogP contribution in [0.5, 0.6) is 11.5 Å². The highest BCUT2D eigenvalue weighted by Gasteiger charge is 2.20. The lowest BCUT2D eigenvalue weighted by Gasteiger charge is -2.16. The smallest absolute Gasteiger partial charge is 0.297 e. The minimum absolute atomic E-state index is 0.0284. The van der Waals surface area contributed by atoms with Gasteiger partial charge in [-0.15, -0.1) is 0 Å². The van der Waals surface area contributed by atoms with Crippen molar-refractivity contribution < 1.29 is 22.1 Å². The van der Waals surface area contributed by atoms with Crippen molar-refractivity contribution in [3.05, 3.63) is 78.4 Å². The molecule has 4 aromatic rings. The fourth-order valence-electron chi connectivity index (χ4n) is 3.46. The lowest BCUT2D eigenvalue weighted by Crippen LogP contribution is -2.06. The van der Waals surface area contributed by atoms with Gasteiger partial charge in [-0.05, 0) is 23.8 Å². The van der Waals surface area contributed by atoms with Crippen LogP contribution in [-0.4, -0.2) is 22.6 Å². The Morgan fingerprint density at radius 1 is 0.690 bits per heavy atom. The Morgan fingerprint density at radius 2 is 1.24 bits per heavy atom. The van der Waals surface area contributed by atoms with E-state index in [1.165, 1.54) is 6.07 Å². The predicted octanol–water partition coefficient (Wildman–Crippen LogP) is 4.92. The van der Waals surface area contributed by atoms with Crippen molar-refractivity contribution >= 4 is 31.7 Å². The van der Waals surface area contributed by atoms with Crippen molar-refractivity contribution in [1.82, 2.24) is 0 Å². The van der Waals surface area contributed by atoms with Crippen molar-refractivity contribution in [2.75, 3.05) is 14.2 Å². The largest absolute Gasteiger partial charge is 0.495 e. The molecule has 0 heterocycles. The Labute approximate surface area is 169 Å². The average molecular weight is 408 g/mol. The van der Waals surface area contributed by atoms with E-state index in [0.717, 1.165) is 21.7 Å². The molecular weight excluding hydrogens is 388 g/mol. The molecule has 148 valence electrons. The van der Waals surface area contributed by atoms with E-state index in [4.69, 9.17) is 13.7 Å². The summed E-state index contributed by atoms with van der Waals surface area (Å²) in [7, 11) is -0.775. The second-order valence-corrected chi connectivity index (χ2v) is 8.14. The second-order valence-electron chi connectivity index (χ2n) is 6.52. The standard InChI is InChI=1S/C23H20O5S/c1-26-22-18-10-6-7-11-19(18)23(27-2)21-14-17(12-13-20(21)22)29(24,25)28-15-16-8-4-3-5-9-16/h3-14H,15H2,1-2H3. The van der Waals surface area contributed by atoms with Gasteiger partial charge in [-0.25, -0.2) is 0 Å². The van der Waals surface area contributed by atoms with Gasteiger partial charge in [0.05, 0.1) is 25.7 Å². The summed E-state index contributed by atoms with van der Waals surface area (Å²) in [5.74, 6) is 1.27. The highest BCUT2D eigenvalue weighted by molar-refractivity contribution is 7.86. The molecule has 0 N–H and O–H groups in total. The Balaban J connectivity index is 1.84. The Kier molecular flexibility index (Phi) is 5.13. The summed E-state index contributed by atoms with van der Waals surface area (Å²) >= 11 is 0. The normalized spacial score (nSPS) is 11.7. The van der Waals surface area contributed by atoms with Crippen molar-refractivity contribution in [1.29, 1.82) is 0 Å². The zero-order valence-electron chi connectivity index (χ0n) is 16.1. The van der Waals surface area contributed by atoms with E-state index in [1.54, 1.807) is 26.4 Å². The van der Waals surface area contributed by atoms with Gasteiger partial charge in [0.15, 0.2) is 0 Å². The molecule has 0 atom stereocenters. The van der Waals surface area contributed by atoms with Gasteiger partial charge in [-0.3, -0.25) is 4.18 Å². The number of rotatable bonds is 6. The van der Waals surface area contributed by atoms with E-state index in [0.29, 0.717) is 16.9 Å². The zero-order chi connectivity index (χ0) is 20.4. The summed E-state index contributed by atoms with van der Waals surface area (Å²) in [5, 5.41) is 3.16. The van der Waals surface area contributed by atoms with Gasteiger partial charge in [-0.1, -0.05) is 54.6 Å². The van der Waals surface area contributed by atoms with Gasteiger partial charge in [0.1, 0.15) is 11.5 Å². The highest BCUT2D eigenvalue weighted by atomic mass is 32.2. The van der Waals surface area contributed by atoms with Crippen LogP contribution in [0, 0.1) is 0 Å². The van der Waals surface area contributed by atoms with Crippen molar-refractivity contribution in [2.45, 2.75) is 11.5 Å². The van der Waals surface area contributed by atoms with Crippen LogP contribution >= 0.6 is 0 Å². The lowest BCUT2D eigenvalue weighted by molar-refractivity contribution is 0.308. The van der Waals surface area contributed by atoms with E-state index >= 15 is 0 Å². The molecule has 0 saturated carbocycles. The van der Waals surface area contributed by atoms with Gasteiger partial charge >= 0.3 is 0 Å². The van der Waals surface area contributed by atoms with Gasteiger partial charge < -0.3 is 9.47 Å². The summed E-state index contributed by atoms with van der Waals surface area (Å²) in [5.41, 5.74) is 0.780. The highest BCUT2D eigenvalue weighted by Crippen LogP contribution is 2.43. The van der Waals surface area contributed by atoms with Crippen LogP contribution in [0.25, 0.3) is 21.5 Å². The first-order valence-electron chi connectivity index (χ1n) is 9.05. The third-order valence-electron chi connectivity index (χ3n) is 4.82. The Morgan fingerprint density at radius 3 is 1.86 bits per heavy atom. The quantitative estimate of drug-likeness (QED) is 0.335. The Hall–Kier alpha value is -3.09. The molecular formula is C23H20O5S. The molecule has 4 rings (SSSR count). The molecule has 0 saturated heterocycles. The van der Waals surface area contributed by atoms with Crippen LogP contribution in [-0.2, 0) is 20.9 Å². The fourth-order valence-corrected chi connectivity index (χ4v) is 4.39. The first-order valence-corrected chi connectivity index (χ1v) is 10.5. The number of benzene rings is 4. The molecule has 0 aliphatic rings. The molecule has 0 unspecified atom stereocenters. The summed E-state index contributed by atoms with van der Waals surface area (Å²) in [6.07, 6.45) is 0. The van der Waals surface area contributed by atoms with Crippen molar-refractivity contribution in [3.63, 3.8) is 0 Å². The van der Waals surface area contributed by atoms with E-state index in [1.807, 2.05) is 54.6 Å². The van der Waals surface area contributed by atoms with Gasteiger partial charge in [0, 0.05) is 21.5 Å². The maximum absolute atomic E-state index is 12.8. The van der Waals surface area contributed by atoms with Crippen LogP contribution in [0.1, 0.15) is 5.56 Å². The third kappa shape index (κ3) is 3.52. The monoisotopic (exact) mass is 408 g/mol. The molecule has 0 fully saturated rings. The number of hydrogen-bond donors (Lipinski definition) is 0. The van der Waals surface area contributed by atoms with E-state index < -0.39 is 10.1 Å². The van der Waals surface area contributed by atoms with Crippen LogP contribution < -0.4 is 9.47 Å². The molecule has 0 aliphatic heterocycles. The number of hydrogen-bond acceptors (Lipinski definition) is 5. The number of ether oxygens (including phenoxy) is 2. The third-order valence-corrected chi connectivity index (χ3v) is 6.08. The fraction of sp³-hybridized carbons (Fsp3) is 0.130. The van der Waals surface area contributed by atoms with Crippen molar-refractivity contribution in [2.24, 2.45) is 0 Å². The minimum Gasteiger partial charge on any atom is -0.495 e. The predicted molar refractivity (Wildman–Crippen MR) is 113 cm³/mol. The summed E-state index contributed by atoms with van der Waals surface area (Å²) in [6.45, 7) is -0.0284. The first kappa shape index (κ1) is 19.2. The van der Waals surface area contributed by atoms with Crippen molar-refractivity contribution in [3.8, 4) is 11.5 Å². The maximum atomic E-state index is 12.8. The minimum atomic E-state index is -3.94. The second kappa shape index (κ2) is 7.73. The number of fused-ring (bicyclic) bond motifs is 2. The Bertz CT molecular complexity index is 1280. The van der Waals surface area contributed by atoms with Crippen LogP contribution in [0.15, 0.2) is 77.7 Å². The molecule has 0 spiro atoms. The van der Waals surface area contributed by atoms with E-state index in [9.17, 15) is 8.42 Å². The molecule has 29 heavy (non-hydrogen) atoms.